The van der Waals surface area contributed by atoms with Crippen LogP contribution < -0.4 is 16.4 Å². The molecule has 0 aliphatic heterocycles. The van der Waals surface area contributed by atoms with Crippen LogP contribution >= 0.6 is 23.7 Å². The van der Waals surface area contributed by atoms with Crippen molar-refractivity contribution in [3.05, 3.63) is 11.1 Å². The summed E-state index contributed by atoms with van der Waals surface area (Å²) in [6, 6.07) is -0.597. The third-order valence-electron chi connectivity index (χ3n) is 2.31. The van der Waals surface area contributed by atoms with Crippen molar-refractivity contribution in [2.45, 2.75) is 26.8 Å². The number of nitrogens with two attached hydrogens (primary N) is 1. The number of aryl methyl sites for hydroxylation is 1. The highest BCUT2D eigenvalue weighted by atomic mass is 35.5. The second kappa shape index (κ2) is 8.08. The van der Waals surface area contributed by atoms with Crippen molar-refractivity contribution in [1.29, 1.82) is 0 Å². The minimum absolute atomic E-state index is 0. The molecule has 0 bridgehead atoms. The molecule has 1 heterocycles. The fourth-order valence-corrected chi connectivity index (χ4v) is 1.84. The van der Waals surface area contributed by atoms with E-state index in [1.54, 1.807) is 6.20 Å². The first kappa shape index (κ1) is 17.8. The average Bonchev–Trinajstić information content (AvgIpc) is 2.70. The van der Waals surface area contributed by atoms with Gasteiger partial charge in [0.1, 0.15) is 0 Å². The Kier molecular flexibility index (Phi) is 7.58. The summed E-state index contributed by atoms with van der Waals surface area (Å²) in [5.41, 5.74) is 5.65. The molecule has 4 N–H and O–H groups in total. The minimum atomic E-state index is -0.597. The summed E-state index contributed by atoms with van der Waals surface area (Å²) in [6.45, 7) is 5.50. The van der Waals surface area contributed by atoms with Gasteiger partial charge in [0.05, 0.1) is 12.6 Å². The van der Waals surface area contributed by atoms with Gasteiger partial charge >= 0.3 is 0 Å². The molecular weight excluding hydrogens is 288 g/mol. The molecule has 0 fully saturated rings. The van der Waals surface area contributed by atoms with Crippen molar-refractivity contribution >= 4 is 40.7 Å². The van der Waals surface area contributed by atoms with Crippen molar-refractivity contribution in [2.75, 3.05) is 11.9 Å². The molecule has 2 amide bonds. The number of hydrogen-bond donors (Lipinski definition) is 3. The van der Waals surface area contributed by atoms with Gasteiger partial charge in [0.15, 0.2) is 5.13 Å². The molecule has 0 aromatic carbocycles. The molecule has 108 valence electrons. The molecular formula is C11H19ClN4O2S. The van der Waals surface area contributed by atoms with Gasteiger partial charge in [-0.05, 0) is 12.8 Å². The molecule has 8 heteroatoms. The Hall–Kier alpha value is -1.18. The fourth-order valence-electron chi connectivity index (χ4n) is 1.16. The zero-order valence-electron chi connectivity index (χ0n) is 11.1. The van der Waals surface area contributed by atoms with E-state index in [1.165, 1.54) is 11.3 Å². The molecule has 19 heavy (non-hydrogen) atoms. The van der Waals surface area contributed by atoms with Gasteiger partial charge in [0, 0.05) is 11.1 Å². The molecule has 1 rings (SSSR count). The molecule has 1 aromatic rings. The number of nitrogens with zero attached hydrogens (tertiary/aromatic N) is 1. The summed E-state index contributed by atoms with van der Waals surface area (Å²) >= 11 is 1.38. The lowest BCUT2D eigenvalue weighted by atomic mass is 10.1. The Labute approximate surface area is 122 Å². The van der Waals surface area contributed by atoms with Gasteiger partial charge in [-0.1, -0.05) is 13.8 Å². The lowest BCUT2D eigenvalue weighted by molar-refractivity contribution is -0.125. The highest BCUT2D eigenvalue weighted by molar-refractivity contribution is 7.15. The number of halogens is 1. The molecule has 0 saturated heterocycles. The number of nitrogens with one attached hydrogen (secondary N) is 2. The molecule has 0 aliphatic rings. The van der Waals surface area contributed by atoms with Gasteiger partial charge in [-0.3, -0.25) is 9.59 Å². The van der Waals surface area contributed by atoms with Crippen molar-refractivity contribution in [2.24, 2.45) is 11.7 Å². The second-order valence-electron chi connectivity index (χ2n) is 4.31. The van der Waals surface area contributed by atoms with Crippen LogP contribution in [0.25, 0.3) is 0 Å². The van der Waals surface area contributed by atoms with E-state index >= 15 is 0 Å². The molecule has 0 saturated carbocycles. The van der Waals surface area contributed by atoms with Crippen LogP contribution in [0.15, 0.2) is 6.20 Å². The smallest absolute Gasteiger partial charge is 0.245 e. The molecule has 1 aromatic heterocycles. The lowest BCUT2D eigenvalue weighted by Crippen LogP contribution is -2.46. The quantitative estimate of drug-likeness (QED) is 0.753. The lowest BCUT2D eigenvalue weighted by Gasteiger charge is -2.14. The Morgan fingerprint density at radius 3 is 2.58 bits per heavy atom. The first-order valence-electron chi connectivity index (χ1n) is 5.65. The number of rotatable bonds is 5. The summed E-state index contributed by atoms with van der Waals surface area (Å²) < 4.78 is 0. The Bertz CT molecular complexity index is 436. The molecule has 6 nitrogen and oxygen atoms in total. The maximum absolute atomic E-state index is 11.5. The summed E-state index contributed by atoms with van der Waals surface area (Å²) in [7, 11) is 0. The van der Waals surface area contributed by atoms with Crippen molar-refractivity contribution in [3.63, 3.8) is 0 Å². The van der Waals surface area contributed by atoms with Crippen LogP contribution in [-0.4, -0.2) is 29.4 Å². The van der Waals surface area contributed by atoms with E-state index in [1.807, 2.05) is 20.8 Å². The van der Waals surface area contributed by atoms with Crippen LogP contribution in [0.4, 0.5) is 5.13 Å². The number of amides is 2. The molecule has 0 aliphatic carbocycles. The largest absolute Gasteiger partial charge is 0.346 e. The molecule has 0 radical (unpaired) electrons. The monoisotopic (exact) mass is 306 g/mol. The average molecular weight is 307 g/mol. The normalized spacial score (nSPS) is 11.6. The van der Waals surface area contributed by atoms with E-state index in [-0.39, 0.29) is 36.7 Å². The maximum Gasteiger partial charge on any atom is 0.245 e. The highest BCUT2D eigenvalue weighted by Gasteiger charge is 2.17. The van der Waals surface area contributed by atoms with Crippen LogP contribution in [-0.2, 0) is 9.59 Å². The van der Waals surface area contributed by atoms with Gasteiger partial charge in [-0.2, -0.15) is 0 Å². The first-order chi connectivity index (χ1) is 8.40. The van der Waals surface area contributed by atoms with E-state index in [0.29, 0.717) is 5.13 Å². The number of carbonyl (C=O) groups is 2. The zero-order valence-corrected chi connectivity index (χ0v) is 12.7. The van der Waals surface area contributed by atoms with Crippen LogP contribution in [0.2, 0.25) is 0 Å². The number of carbonyl (C=O) groups excluding carboxylic acids is 2. The minimum Gasteiger partial charge on any atom is -0.346 e. The van der Waals surface area contributed by atoms with Crippen LogP contribution in [0.1, 0.15) is 18.7 Å². The number of aromatic nitrogens is 1. The van der Waals surface area contributed by atoms with Crippen LogP contribution in [0.3, 0.4) is 0 Å². The molecule has 0 unspecified atom stereocenters. The summed E-state index contributed by atoms with van der Waals surface area (Å²) in [5.74, 6) is -0.598. The van der Waals surface area contributed by atoms with Gasteiger partial charge < -0.3 is 16.4 Å². The van der Waals surface area contributed by atoms with Crippen LogP contribution in [0, 0.1) is 12.8 Å². The SMILES string of the molecule is Cc1cnc(NC(=O)CNC(=O)[C@@H](N)C(C)C)s1.Cl. The second-order valence-corrected chi connectivity index (χ2v) is 5.55. The van der Waals surface area contributed by atoms with E-state index in [2.05, 4.69) is 15.6 Å². The topological polar surface area (TPSA) is 97.1 Å². The summed E-state index contributed by atoms with van der Waals surface area (Å²) in [6.07, 6.45) is 1.67. The van der Waals surface area contributed by atoms with Crippen molar-refractivity contribution < 1.29 is 9.59 Å². The van der Waals surface area contributed by atoms with Gasteiger partial charge in [0.2, 0.25) is 11.8 Å². The fraction of sp³-hybridized carbons (Fsp3) is 0.545. The number of hydrogen-bond acceptors (Lipinski definition) is 5. The zero-order chi connectivity index (χ0) is 13.7. The summed E-state index contributed by atoms with van der Waals surface area (Å²) in [4.78, 5) is 28.0. The molecule has 1 atom stereocenters. The van der Waals surface area contributed by atoms with Gasteiger partial charge in [-0.25, -0.2) is 4.98 Å². The first-order valence-corrected chi connectivity index (χ1v) is 6.47. The van der Waals surface area contributed by atoms with E-state index in [4.69, 9.17) is 5.73 Å². The highest BCUT2D eigenvalue weighted by Crippen LogP contribution is 2.15. The molecule has 0 spiro atoms. The number of anilines is 1. The third kappa shape index (κ3) is 6.00. The van der Waals surface area contributed by atoms with Gasteiger partial charge in [0.25, 0.3) is 0 Å². The van der Waals surface area contributed by atoms with Crippen LogP contribution in [0.5, 0.6) is 0 Å². The number of thiazole rings is 1. The predicted octanol–water partition coefficient (Wildman–Crippen LogP) is 0.911. The standard InChI is InChI=1S/C11H18N4O2S.ClH/c1-6(2)9(12)10(17)13-5-8(16)15-11-14-4-7(3)18-11;/h4,6,9H,5,12H2,1-3H3,(H,13,17)(H,14,15,16);1H/t9-;/m0./s1. The van der Waals surface area contributed by atoms with Crippen molar-refractivity contribution in [1.82, 2.24) is 10.3 Å². The van der Waals surface area contributed by atoms with Gasteiger partial charge in [-0.15, -0.1) is 23.7 Å². The van der Waals surface area contributed by atoms with E-state index in [0.717, 1.165) is 4.88 Å². The third-order valence-corrected chi connectivity index (χ3v) is 3.14. The van der Waals surface area contributed by atoms with E-state index < -0.39 is 6.04 Å². The maximum atomic E-state index is 11.5. The van der Waals surface area contributed by atoms with Crippen molar-refractivity contribution in [3.8, 4) is 0 Å². The predicted molar refractivity (Wildman–Crippen MR) is 78.6 cm³/mol. The Balaban J connectivity index is 0.00000324. The van der Waals surface area contributed by atoms with E-state index in [9.17, 15) is 9.59 Å². The Morgan fingerprint density at radius 2 is 2.11 bits per heavy atom. The Morgan fingerprint density at radius 1 is 1.47 bits per heavy atom. The summed E-state index contributed by atoms with van der Waals surface area (Å²) in [5, 5.41) is 5.62.